The summed E-state index contributed by atoms with van der Waals surface area (Å²) in [5, 5.41) is 9.54. The molecule has 0 aliphatic heterocycles. The van der Waals surface area contributed by atoms with Gasteiger partial charge < -0.3 is 5.11 Å². The molecule has 0 radical (unpaired) electrons. The number of rotatable bonds is 3. The lowest BCUT2D eigenvalue weighted by Crippen LogP contribution is -2.26. The van der Waals surface area contributed by atoms with E-state index in [1.807, 2.05) is 6.92 Å². The molecule has 1 unspecified atom stereocenters. The van der Waals surface area contributed by atoms with Crippen molar-refractivity contribution in [3.05, 3.63) is 36.5 Å². The fourth-order valence-electron chi connectivity index (χ4n) is 0.755. The topological polar surface area (TPSA) is 20.2 Å². The minimum absolute atomic E-state index is 0.512. The van der Waals surface area contributed by atoms with Crippen LogP contribution in [0.25, 0.3) is 0 Å². The Morgan fingerprint density at radius 2 is 2.00 bits per heavy atom. The van der Waals surface area contributed by atoms with Gasteiger partial charge in [0, 0.05) is 0 Å². The number of alkyl halides is 3. The molecule has 0 aromatic carbocycles. The molecule has 0 aliphatic rings. The van der Waals surface area contributed by atoms with Gasteiger partial charge in [-0.3, -0.25) is 0 Å². The van der Waals surface area contributed by atoms with Crippen LogP contribution in [-0.4, -0.2) is 15.0 Å². The number of aliphatic hydroxyl groups is 1. The van der Waals surface area contributed by atoms with E-state index >= 15 is 0 Å². The molecular formula is C9H11Cl3O. The Labute approximate surface area is 93.3 Å². The SMILES string of the molecule is C=C/C=C(\C=C/C)C(O)C(Cl)(Cl)Cl. The average Bonchev–Trinajstić information content (AvgIpc) is 2.01. The van der Waals surface area contributed by atoms with Gasteiger partial charge in [0.05, 0.1) is 0 Å². The largest absolute Gasteiger partial charge is 0.384 e. The van der Waals surface area contributed by atoms with Gasteiger partial charge in [0.1, 0.15) is 6.10 Å². The van der Waals surface area contributed by atoms with Gasteiger partial charge in [-0.05, 0) is 12.5 Å². The first kappa shape index (κ1) is 13.1. The van der Waals surface area contributed by atoms with E-state index < -0.39 is 9.90 Å². The van der Waals surface area contributed by atoms with Crippen LogP contribution in [-0.2, 0) is 0 Å². The number of aliphatic hydroxyl groups excluding tert-OH is 1. The summed E-state index contributed by atoms with van der Waals surface area (Å²) in [6.45, 7) is 5.30. The van der Waals surface area contributed by atoms with E-state index in [1.54, 1.807) is 18.2 Å². The maximum absolute atomic E-state index is 9.54. The molecule has 13 heavy (non-hydrogen) atoms. The quantitative estimate of drug-likeness (QED) is 0.593. The molecule has 0 spiro atoms. The maximum atomic E-state index is 9.54. The molecule has 0 saturated carbocycles. The molecule has 0 aromatic rings. The van der Waals surface area contributed by atoms with E-state index in [9.17, 15) is 5.11 Å². The van der Waals surface area contributed by atoms with Gasteiger partial charge in [0.25, 0.3) is 0 Å². The summed E-state index contributed by atoms with van der Waals surface area (Å²) in [5.41, 5.74) is 0.512. The van der Waals surface area contributed by atoms with Gasteiger partial charge in [-0.25, -0.2) is 0 Å². The van der Waals surface area contributed by atoms with Crippen LogP contribution in [0, 0.1) is 0 Å². The lowest BCUT2D eigenvalue weighted by atomic mass is 10.1. The second-order valence-corrected chi connectivity index (χ2v) is 4.72. The molecule has 1 nitrogen and oxygen atoms in total. The van der Waals surface area contributed by atoms with Gasteiger partial charge >= 0.3 is 0 Å². The molecule has 1 atom stereocenters. The van der Waals surface area contributed by atoms with E-state index in [0.29, 0.717) is 5.57 Å². The first-order chi connectivity index (χ1) is 5.93. The summed E-state index contributed by atoms with van der Waals surface area (Å²) < 4.78 is -1.71. The fourth-order valence-corrected chi connectivity index (χ4v) is 1.13. The molecule has 1 N–H and O–H groups in total. The van der Waals surface area contributed by atoms with Crippen molar-refractivity contribution in [2.45, 2.75) is 16.8 Å². The van der Waals surface area contributed by atoms with Crippen molar-refractivity contribution in [1.82, 2.24) is 0 Å². The zero-order valence-electron chi connectivity index (χ0n) is 7.17. The second-order valence-electron chi connectivity index (χ2n) is 2.35. The van der Waals surface area contributed by atoms with Gasteiger partial charge in [0.2, 0.25) is 3.79 Å². The third-order valence-electron chi connectivity index (χ3n) is 1.30. The predicted octanol–water partition coefficient (Wildman–Crippen LogP) is 3.41. The van der Waals surface area contributed by atoms with Crippen LogP contribution in [0.4, 0.5) is 0 Å². The van der Waals surface area contributed by atoms with Gasteiger partial charge in [-0.2, -0.15) is 0 Å². The minimum atomic E-state index is -1.71. The smallest absolute Gasteiger partial charge is 0.220 e. The van der Waals surface area contributed by atoms with Crippen molar-refractivity contribution in [1.29, 1.82) is 0 Å². The van der Waals surface area contributed by atoms with Crippen LogP contribution >= 0.6 is 34.8 Å². The highest BCUT2D eigenvalue weighted by Crippen LogP contribution is 2.34. The van der Waals surface area contributed by atoms with E-state index in [4.69, 9.17) is 34.8 Å². The first-order valence-electron chi connectivity index (χ1n) is 3.63. The van der Waals surface area contributed by atoms with Gasteiger partial charge in [-0.15, -0.1) is 0 Å². The van der Waals surface area contributed by atoms with E-state index in [2.05, 4.69) is 6.58 Å². The molecule has 4 heteroatoms. The molecular weight excluding hydrogens is 230 g/mol. The zero-order chi connectivity index (χ0) is 10.5. The Morgan fingerprint density at radius 3 is 2.31 bits per heavy atom. The van der Waals surface area contributed by atoms with Gasteiger partial charge in [0.15, 0.2) is 0 Å². The highest BCUT2D eigenvalue weighted by atomic mass is 35.6. The van der Waals surface area contributed by atoms with Crippen LogP contribution in [0.2, 0.25) is 0 Å². The standard InChI is InChI=1S/C9H11Cl3O/c1-3-5-7(6-4-2)8(13)9(10,11)12/h3-6,8,13H,1H2,2H3/b6-4-,7-5+. The first-order valence-corrected chi connectivity index (χ1v) is 4.77. The molecule has 0 bridgehead atoms. The number of hydrogen-bond donors (Lipinski definition) is 1. The highest BCUT2D eigenvalue weighted by Gasteiger charge is 2.32. The molecule has 0 fully saturated rings. The third-order valence-corrected chi connectivity index (χ3v) is 1.92. The van der Waals surface area contributed by atoms with Crippen molar-refractivity contribution >= 4 is 34.8 Å². The number of hydrogen-bond acceptors (Lipinski definition) is 1. The lowest BCUT2D eigenvalue weighted by Gasteiger charge is -2.19. The van der Waals surface area contributed by atoms with Crippen molar-refractivity contribution in [2.24, 2.45) is 0 Å². The van der Waals surface area contributed by atoms with Gasteiger partial charge in [-0.1, -0.05) is 65.7 Å². The van der Waals surface area contributed by atoms with Crippen molar-refractivity contribution in [2.75, 3.05) is 0 Å². The lowest BCUT2D eigenvalue weighted by molar-refractivity contribution is 0.219. The second kappa shape index (κ2) is 5.71. The highest BCUT2D eigenvalue weighted by molar-refractivity contribution is 6.68. The molecule has 0 aromatic heterocycles. The van der Waals surface area contributed by atoms with Crippen LogP contribution in [0.1, 0.15) is 6.92 Å². The summed E-state index contributed by atoms with van der Waals surface area (Å²) in [4.78, 5) is 0. The zero-order valence-corrected chi connectivity index (χ0v) is 9.44. The molecule has 0 heterocycles. The molecule has 74 valence electrons. The minimum Gasteiger partial charge on any atom is -0.384 e. The fraction of sp³-hybridized carbons (Fsp3) is 0.333. The Morgan fingerprint density at radius 1 is 1.46 bits per heavy atom. The Bertz CT molecular complexity index is 226. The number of allylic oxidation sites excluding steroid dienone is 3. The Kier molecular flexibility index (Phi) is 5.73. The average molecular weight is 242 g/mol. The summed E-state index contributed by atoms with van der Waals surface area (Å²) in [5.74, 6) is 0. The predicted molar refractivity (Wildman–Crippen MR) is 59.4 cm³/mol. The van der Waals surface area contributed by atoms with Crippen LogP contribution in [0.3, 0.4) is 0 Å². The van der Waals surface area contributed by atoms with Crippen LogP contribution in [0.5, 0.6) is 0 Å². The van der Waals surface area contributed by atoms with E-state index in [-0.39, 0.29) is 0 Å². The third kappa shape index (κ3) is 4.72. The molecule has 0 saturated heterocycles. The maximum Gasteiger partial charge on any atom is 0.220 e. The molecule has 0 rings (SSSR count). The number of halogens is 3. The summed E-state index contributed by atoms with van der Waals surface area (Å²) in [6, 6.07) is 0. The molecule has 0 amide bonds. The van der Waals surface area contributed by atoms with Crippen molar-refractivity contribution in [3.63, 3.8) is 0 Å². The monoisotopic (exact) mass is 240 g/mol. The van der Waals surface area contributed by atoms with Crippen molar-refractivity contribution in [3.8, 4) is 0 Å². The molecule has 0 aliphatic carbocycles. The Hall–Kier alpha value is 0.0500. The Balaban J connectivity index is 4.76. The summed E-state index contributed by atoms with van der Waals surface area (Å²) >= 11 is 16.6. The van der Waals surface area contributed by atoms with Crippen molar-refractivity contribution < 1.29 is 5.11 Å². The normalized spacial score (nSPS) is 16.2. The van der Waals surface area contributed by atoms with Crippen LogP contribution in [0.15, 0.2) is 36.5 Å². The summed E-state index contributed by atoms with van der Waals surface area (Å²) in [7, 11) is 0. The van der Waals surface area contributed by atoms with E-state index in [0.717, 1.165) is 0 Å². The van der Waals surface area contributed by atoms with Crippen LogP contribution < -0.4 is 0 Å². The summed E-state index contributed by atoms with van der Waals surface area (Å²) in [6.07, 6.45) is 5.37. The van der Waals surface area contributed by atoms with E-state index in [1.165, 1.54) is 6.08 Å².